The zero-order valence-corrected chi connectivity index (χ0v) is 14.8. The molecule has 0 saturated heterocycles. The van der Waals surface area contributed by atoms with Gasteiger partial charge in [-0.05, 0) is 19.4 Å². The van der Waals surface area contributed by atoms with Crippen molar-refractivity contribution in [2.24, 2.45) is 4.99 Å². The van der Waals surface area contributed by atoms with Crippen molar-refractivity contribution >= 4 is 12.3 Å². The average Bonchev–Trinajstić information content (AvgIpc) is 2.98. The standard InChI is InChI=1S/C19H18N4O3/c1-4-25-11-21-18-15(10-20)17(14-8-6-5-7-9-14)16-12(2)23(13(3)24)22-19(16)26-18/h5-9,11,17H,4H2,1-3H3. The molecule has 1 aliphatic rings. The molecule has 0 saturated carbocycles. The van der Waals surface area contributed by atoms with E-state index in [1.807, 2.05) is 37.3 Å². The van der Waals surface area contributed by atoms with Crippen LogP contribution in [0.15, 0.2) is 46.8 Å². The fourth-order valence-corrected chi connectivity index (χ4v) is 2.96. The fourth-order valence-electron chi connectivity index (χ4n) is 2.96. The summed E-state index contributed by atoms with van der Waals surface area (Å²) in [7, 11) is 0. The molecule has 1 aliphatic heterocycles. The van der Waals surface area contributed by atoms with E-state index in [1.54, 1.807) is 6.92 Å². The molecule has 7 heteroatoms. The number of hydrogen-bond acceptors (Lipinski definition) is 6. The second-order valence-electron chi connectivity index (χ2n) is 5.70. The third-order valence-corrected chi connectivity index (χ3v) is 4.09. The van der Waals surface area contributed by atoms with Crippen molar-refractivity contribution in [2.75, 3.05) is 6.61 Å². The molecule has 0 N–H and O–H groups in total. The Morgan fingerprint density at radius 2 is 2.19 bits per heavy atom. The Balaban J connectivity index is 2.22. The van der Waals surface area contributed by atoms with Gasteiger partial charge >= 0.3 is 0 Å². The van der Waals surface area contributed by atoms with Crippen LogP contribution in [0.4, 0.5) is 0 Å². The maximum absolute atomic E-state index is 11.9. The number of hydrogen-bond donors (Lipinski definition) is 0. The molecule has 0 amide bonds. The predicted molar refractivity (Wildman–Crippen MR) is 94.9 cm³/mol. The highest BCUT2D eigenvalue weighted by molar-refractivity contribution is 5.77. The van der Waals surface area contributed by atoms with E-state index >= 15 is 0 Å². The molecule has 0 spiro atoms. The zero-order chi connectivity index (χ0) is 18.7. The van der Waals surface area contributed by atoms with Crippen LogP contribution < -0.4 is 4.74 Å². The van der Waals surface area contributed by atoms with Crippen LogP contribution in [0.3, 0.4) is 0 Å². The first kappa shape index (κ1) is 17.4. The molecular weight excluding hydrogens is 332 g/mol. The molecule has 1 aromatic carbocycles. The Morgan fingerprint density at radius 1 is 1.46 bits per heavy atom. The molecule has 0 aliphatic carbocycles. The number of carbonyl (C=O) groups is 1. The minimum Gasteiger partial charge on any atom is -0.483 e. The normalized spacial score (nSPS) is 16.2. The summed E-state index contributed by atoms with van der Waals surface area (Å²) in [4.78, 5) is 16.0. The van der Waals surface area contributed by atoms with Crippen LogP contribution in [0.1, 0.15) is 41.4 Å². The largest absolute Gasteiger partial charge is 0.483 e. The third-order valence-electron chi connectivity index (χ3n) is 4.09. The van der Waals surface area contributed by atoms with Gasteiger partial charge in [0.15, 0.2) is 6.40 Å². The van der Waals surface area contributed by atoms with Gasteiger partial charge in [0.05, 0.1) is 23.8 Å². The van der Waals surface area contributed by atoms with Crippen molar-refractivity contribution in [1.29, 1.82) is 5.26 Å². The Bertz CT molecular complexity index is 936. The second-order valence-corrected chi connectivity index (χ2v) is 5.70. The van der Waals surface area contributed by atoms with Gasteiger partial charge < -0.3 is 9.47 Å². The molecule has 2 aromatic rings. The summed E-state index contributed by atoms with van der Waals surface area (Å²) in [5.41, 5.74) is 2.56. The SMILES string of the molecule is CCOC=NC1=C(C#N)C(c2ccccc2)c2c(nn(C(C)=O)c2C)O1. The molecule has 1 aromatic heterocycles. The second kappa shape index (κ2) is 7.23. The topological polar surface area (TPSA) is 89.5 Å². The third kappa shape index (κ3) is 2.97. The first-order chi connectivity index (χ1) is 12.6. The van der Waals surface area contributed by atoms with Gasteiger partial charge in [-0.2, -0.15) is 10.3 Å². The Morgan fingerprint density at radius 3 is 2.81 bits per heavy atom. The van der Waals surface area contributed by atoms with Gasteiger partial charge in [0.25, 0.3) is 0 Å². The van der Waals surface area contributed by atoms with Crippen molar-refractivity contribution in [3.63, 3.8) is 0 Å². The van der Waals surface area contributed by atoms with Crippen LogP contribution >= 0.6 is 0 Å². The van der Waals surface area contributed by atoms with E-state index in [4.69, 9.17) is 9.47 Å². The first-order valence-electron chi connectivity index (χ1n) is 8.20. The quantitative estimate of drug-likeness (QED) is 0.624. The number of ether oxygens (including phenoxy) is 2. The smallest absolute Gasteiger partial charge is 0.245 e. The molecule has 26 heavy (non-hydrogen) atoms. The van der Waals surface area contributed by atoms with Crippen LogP contribution in [-0.2, 0) is 4.74 Å². The van der Waals surface area contributed by atoms with Gasteiger partial charge in [-0.1, -0.05) is 30.3 Å². The zero-order valence-electron chi connectivity index (χ0n) is 14.8. The molecule has 132 valence electrons. The molecule has 7 nitrogen and oxygen atoms in total. The lowest BCUT2D eigenvalue weighted by Gasteiger charge is -2.23. The van der Waals surface area contributed by atoms with E-state index in [0.717, 1.165) is 5.56 Å². The number of carbonyl (C=O) groups excluding carboxylic acids is 1. The van der Waals surface area contributed by atoms with E-state index in [2.05, 4.69) is 16.2 Å². The summed E-state index contributed by atoms with van der Waals surface area (Å²) < 4.78 is 12.2. The highest BCUT2D eigenvalue weighted by Gasteiger charge is 2.36. The molecule has 0 radical (unpaired) electrons. The summed E-state index contributed by atoms with van der Waals surface area (Å²) in [6.45, 7) is 5.49. The van der Waals surface area contributed by atoms with Gasteiger partial charge in [0.2, 0.25) is 17.7 Å². The summed E-state index contributed by atoms with van der Waals surface area (Å²) >= 11 is 0. The van der Waals surface area contributed by atoms with E-state index in [9.17, 15) is 10.1 Å². The van der Waals surface area contributed by atoms with Crippen molar-refractivity contribution < 1.29 is 14.3 Å². The van der Waals surface area contributed by atoms with Crippen LogP contribution in [0.2, 0.25) is 0 Å². The molecule has 0 fully saturated rings. The van der Waals surface area contributed by atoms with Gasteiger partial charge in [-0.25, -0.2) is 4.68 Å². The molecule has 1 atom stereocenters. The van der Waals surface area contributed by atoms with Crippen LogP contribution in [0.25, 0.3) is 0 Å². The Labute approximate surface area is 151 Å². The van der Waals surface area contributed by atoms with E-state index in [-0.39, 0.29) is 17.7 Å². The van der Waals surface area contributed by atoms with Crippen molar-refractivity contribution in [1.82, 2.24) is 9.78 Å². The molecule has 3 rings (SSSR count). The number of nitrogens with zero attached hydrogens (tertiary/aromatic N) is 4. The maximum Gasteiger partial charge on any atom is 0.245 e. The first-order valence-corrected chi connectivity index (χ1v) is 8.20. The minimum absolute atomic E-state index is 0.121. The lowest BCUT2D eigenvalue weighted by atomic mass is 9.84. The molecule has 1 unspecified atom stereocenters. The predicted octanol–water partition coefficient (Wildman–Crippen LogP) is 3.18. The molecule has 0 bridgehead atoms. The molecular formula is C19H18N4O3. The average molecular weight is 350 g/mol. The molecule has 2 heterocycles. The number of aliphatic imine (C=N–C) groups is 1. The van der Waals surface area contributed by atoms with Crippen molar-refractivity contribution in [2.45, 2.75) is 26.7 Å². The highest BCUT2D eigenvalue weighted by atomic mass is 16.5. The van der Waals surface area contributed by atoms with Crippen LogP contribution in [0.5, 0.6) is 5.88 Å². The number of allylic oxidation sites excluding steroid dienone is 1. The number of aromatic nitrogens is 2. The number of benzene rings is 1. The lowest BCUT2D eigenvalue weighted by Crippen LogP contribution is -2.16. The summed E-state index contributed by atoms with van der Waals surface area (Å²) in [6.07, 6.45) is 1.24. The summed E-state index contributed by atoms with van der Waals surface area (Å²) in [5, 5.41) is 14.0. The fraction of sp³-hybridized carbons (Fsp3) is 0.263. The monoisotopic (exact) mass is 350 g/mol. The van der Waals surface area contributed by atoms with Gasteiger partial charge in [-0.15, -0.1) is 5.10 Å². The van der Waals surface area contributed by atoms with Gasteiger partial charge in [0, 0.05) is 6.92 Å². The summed E-state index contributed by atoms with van der Waals surface area (Å²) in [6, 6.07) is 11.7. The Hall–Kier alpha value is -3.40. The van der Waals surface area contributed by atoms with Crippen LogP contribution in [-0.4, -0.2) is 28.7 Å². The lowest BCUT2D eigenvalue weighted by molar-refractivity contribution is 0.0917. The van der Waals surface area contributed by atoms with Crippen molar-refractivity contribution in [3.05, 3.63) is 58.6 Å². The highest BCUT2D eigenvalue weighted by Crippen LogP contribution is 2.44. The van der Waals surface area contributed by atoms with Crippen molar-refractivity contribution in [3.8, 4) is 11.9 Å². The van der Waals surface area contributed by atoms with E-state index in [1.165, 1.54) is 18.0 Å². The Kier molecular flexibility index (Phi) is 4.85. The van der Waals surface area contributed by atoms with Gasteiger partial charge in [-0.3, -0.25) is 4.79 Å². The maximum atomic E-state index is 11.9. The number of nitriles is 1. The van der Waals surface area contributed by atoms with Crippen LogP contribution in [0, 0.1) is 18.3 Å². The summed E-state index contributed by atoms with van der Waals surface area (Å²) in [5.74, 6) is -0.262. The van der Waals surface area contributed by atoms with E-state index < -0.39 is 5.92 Å². The minimum atomic E-state index is -0.424. The number of rotatable bonds is 4. The van der Waals surface area contributed by atoms with Gasteiger partial charge in [0.1, 0.15) is 11.6 Å². The number of fused-ring (bicyclic) bond motifs is 1. The van der Waals surface area contributed by atoms with E-state index in [0.29, 0.717) is 23.4 Å².